The lowest BCUT2D eigenvalue weighted by Gasteiger charge is -2.17. The molecule has 1 aliphatic rings. The number of ether oxygens (including phenoxy) is 1. The summed E-state index contributed by atoms with van der Waals surface area (Å²) in [6.45, 7) is 0.651. The van der Waals surface area contributed by atoms with Crippen LogP contribution in [0.25, 0.3) is 0 Å². The fourth-order valence-electron chi connectivity index (χ4n) is 2.40. The molecule has 2 aromatic carbocycles. The first-order valence-electron chi connectivity index (χ1n) is 6.15. The van der Waals surface area contributed by atoms with E-state index >= 15 is 0 Å². The van der Waals surface area contributed by atoms with Gasteiger partial charge in [-0.25, -0.2) is 0 Å². The molecule has 0 aliphatic carbocycles. The molecule has 1 unspecified atom stereocenters. The summed E-state index contributed by atoms with van der Waals surface area (Å²) in [5.41, 5.74) is 2.52. The monoisotopic (exact) mass is 416 g/mol. The van der Waals surface area contributed by atoms with Crippen LogP contribution < -0.4 is 4.74 Å². The van der Waals surface area contributed by atoms with Crippen molar-refractivity contribution in [1.29, 1.82) is 0 Å². The van der Waals surface area contributed by atoms with E-state index in [0.29, 0.717) is 17.2 Å². The summed E-state index contributed by atoms with van der Waals surface area (Å²) in [5.74, 6) is 0.775. The highest BCUT2D eigenvalue weighted by atomic mass is 79.9. The van der Waals surface area contributed by atoms with E-state index in [1.54, 1.807) is 0 Å². The van der Waals surface area contributed by atoms with Gasteiger partial charge in [-0.05, 0) is 39.7 Å². The van der Waals surface area contributed by atoms with E-state index in [1.807, 2.05) is 30.3 Å². The van der Waals surface area contributed by atoms with Crippen LogP contribution in [0.3, 0.4) is 0 Å². The van der Waals surface area contributed by atoms with Gasteiger partial charge in [-0.2, -0.15) is 0 Å². The van der Waals surface area contributed by atoms with Crippen LogP contribution in [0.1, 0.15) is 22.8 Å². The van der Waals surface area contributed by atoms with E-state index in [4.69, 9.17) is 16.3 Å². The SMILES string of the molecule is OC(c1cccc(Br)c1Cl)c1cc(Br)cc2c1OCC2. The number of aliphatic hydroxyl groups is 1. The van der Waals surface area contributed by atoms with Gasteiger partial charge in [0.05, 0.1) is 11.6 Å². The zero-order valence-corrected chi connectivity index (χ0v) is 14.3. The highest BCUT2D eigenvalue weighted by Gasteiger charge is 2.24. The fourth-order valence-corrected chi connectivity index (χ4v) is 3.53. The quantitative estimate of drug-likeness (QED) is 0.753. The summed E-state index contributed by atoms with van der Waals surface area (Å²) in [4.78, 5) is 0. The predicted molar refractivity (Wildman–Crippen MR) is 86.6 cm³/mol. The number of hydrogen-bond acceptors (Lipinski definition) is 2. The lowest BCUT2D eigenvalue weighted by Crippen LogP contribution is -2.03. The summed E-state index contributed by atoms with van der Waals surface area (Å²) in [5, 5.41) is 11.2. The van der Waals surface area contributed by atoms with Crippen molar-refractivity contribution >= 4 is 43.5 Å². The fraction of sp³-hybridized carbons (Fsp3) is 0.200. The minimum absolute atomic E-state index is 0.520. The Labute approximate surface area is 139 Å². The van der Waals surface area contributed by atoms with Gasteiger partial charge in [0.1, 0.15) is 11.9 Å². The molecule has 0 bridgehead atoms. The minimum atomic E-state index is -0.815. The second-order valence-corrected chi connectivity index (χ2v) is 6.78. The third-order valence-electron chi connectivity index (χ3n) is 3.35. The van der Waals surface area contributed by atoms with Gasteiger partial charge in [-0.1, -0.05) is 39.7 Å². The molecule has 1 N–H and O–H groups in total. The second kappa shape index (κ2) is 5.68. The Kier molecular flexibility index (Phi) is 4.09. The minimum Gasteiger partial charge on any atom is -0.493 e. The zero-order valence-electron chi connectivity index (χ0n) is 10.4. The Morgan fingerprint density at radius 2 is 2.00 bits per heavy atom. The van der Waals surface area contributed by atoms with Crippen molar-refractivity contribution in [1.82, 2.24) is 0 Å². The Hall–Kier alpha value is -0.550. The molecule has 1 atom stereocenters. The van der Waals surface area contributed by atoms with E-state index < -0.39 is 6.10 Å². The molecule has 3 rings (SSSR count). The Balaban J connectivity index is 2.11. The van der Waals surface area contributed by atoms with E-state index in [0.717, 1.165) is 32.2 Å². The van der Waals surface area contributed by atoms with E-state index in [2.05, 4.69) is 31.9 Å². The van der Waals surface area contributed by atoms with Gasteiger partial charge in [0, 0.05) is 26.5 Å². The van der Waals surface area contributed by atoms with Crippen LogP contribution in [0.5, 0.6) is 5.75 Å². The third kappa shape index (κ3) is 2.50. The molecule has 0 spiro atoms. The van der Waals surface area contributed by atoms with Crippen LogP contribution >= 0.6 is 43.5 Å². The van der Waals surface area contributed by atoms with Crippen molar-refractivity contribution in [2.45, 2.75) is 12.5 Å². The Morgan fingerprint density at radius 1 is 1.20 bits per heavy atom. The predicted octanol–water partition coefficient (Wildman–Crippen LogP) is 4.88. The van der Waals surface area contributed by atoms with Gasteiger partial charge >= 0.3 is 0 Å². The average Bonchev–Trinajstić information content (AvgIpc) is 2.88. The molecule has 1 heterocycles. The van der Waals surface area contributed by atoms with Crippen LogP contribution in [0.4, 0.5) is 0 Å². The molecule has 1 aliphatic heterocycles. The molecule has 0 radical (unpaired) electrons. The van der Waals surface area contributed by atoms with Crippen molar-refractivity contribution in [2.75, 3.05) is 6.61 Å². The topological polar surface area (TPSA) is 29.5 Å². The molecule has 20 heavy (non-hydrogen) atoms. The van der Waals surface area contributed by atoms with Gasteiger partial charge in [0.25, 0.3) is 0 Å². The van der Waals surface area contributed by atoms with Gasteiger partial charge < -0.3 is 9.84 Å². The number of fused-ring (bicyclic) bond motifs is 1. The molecule has 0 saturated heterocycles. The molecule has 2 nitrogen and oxygen atoms in total. The maximum atomic E-state index is 10.7. The van der Waals surface area contributed by atoms with Crippen molar-refractivity contribution < 1.29 is 9.84 Å². The van der Waals surface area contributed by atoms with Crippen LogP contribution in [0.15, 0.2) is 39.3 Å². The molecule has 104 valence electrons. The first-order valence-corrected chi connectivity index (χ1v) is 8.11. The second-order valence-electron chi connectivity index (χ2n) is 4.63. The molecular weight excluding hydrogens is 407 g/mol. The van der Waals surface area contributed by atoms with Gasteiger partial charge in [-0.3, -0.25) is 0 Å². The third-order valence-corrected chi connectivity index (χ3v) is 5.12. The van der Waals surface area contributed by atoms with Crippen LogP contribution in [-0.2, 0) is 6.42 Å². The first-order chi connectivity index (χ1) is 9.58. The molecule has 5 heteroatoms. The number of hydrogen-bond donors (Lipinski definition) is 1. The van der Waals surface area contributed by atoms with Gasteiger partial charge in [-0.15, -0.1) is 0 Å². The first kappa shape index (κ1) is 14.4. The summed E-state index contributed by atoms with van der Waals surface area (Å²) in [6.07, 6.45) is 0.0464. The molecule has 0 aromatic heterocycles. The van der Waals surface area contributed by atoms with Gasteiger partial charge in [0.2, 0.25) is 0 Å². The highest BCUT2D eigenvalue weighted by Crippen LogP contribution is 2.41. The molecular formula is C15H11Br2ClO2. The Bertz CT molecular complexity index is 673. The molecule has 0 fully saturated rings. The van der Waals surface area contributed by atoms with Crippen molar-refractivity contribution in [3.63, 3.8) is 0 Å². The average molecular weight is 419 g/mol. The maximum absolute atomic E-state index is 10.7. The summed E-state index contributed by atoms with van der Waals surface area (Å²) in [7, 11) is 0. The van der Waals surface area contributed by atoms with Crippen LogP contribution in [-0.4, -0.2) is 11.7 Å². The highest BCUT2D eigenvalue weighted by molar-refractivity contribution is 9.10. The lowest BCUT2D eigenvalue weighted by molar-refractivity contribution is 0.213. The molecule has 0 saturated carbocycles. The van der Waals surface area contributed by atoms with E-state index in [9.17, 15) is 5.11 Å². The number of benzene rings is 2. The van der Waals surface area contributed by atoms with Crippen LogP contribution in [0.2, 0.25) is 5.02 Å². The van der Waals surface area contributed by atoms with Crippen molar-refractivity contribution in [3.05, 3.63) is 61.0 Å². The maximum Gasteiger partial charge on any atom is 0.128 e. The van der Waals surface area contributed by atoms with Crippen molar-refractivity contribution in [3.8, 4) is 5.75 Å². The summed E-state index contributed by atoms with van der Waals surface area (Å²) in [6, 6.07) is 9.43. The number of halogens is 3. The normalized spacial score (nSPS) is 14.8. The van der Waals surface area contributed by atoms with Crippen LogP contribution in [0, 0.1) is 0 Å². The summed E-state index contributed by atoms with van der Waals surface area (Å²) < 4.78 is 7.36. The van der Waals surface area contributed by atoms with Crippen molar-refractivity contribution in [2.24, 2.45) is 0 Å². The largest absolute Gasteiger partial charge is 0.493 e. The standard InChI is InChI=1S/C15H11Br2ClO2/c16-9-6-8-4-5-20-15(8)11(7-9)14(19)10-2-1-3-12(17)13(10)18/h1-3,6-7,14,19H,4-5H2. The summed E-state index contributed by atoms with van der Waals surface area (Å²) >= 11 is 13.1. The number of rotatable bonds is 2. The van der Waals surface area contributed by atoms with Gasteiger partial charge in [0.15, 0.2) is 0 Å². The van der Waals surface area contributed by atoms with E-state index in [1.165, 1.54) is 0 Å². The molecule has 2 aromatic rings. The zero-order chi connectivity index (χ0) is 14.3. The molecule has 0 amide bonds. The Morgan fingerprint density at radius 3 is 2.80 bits per heavy atom. The smallest absolute Gasteiger partial charge is 0.128 e. The lowest BCUT2D eigenvalue weighted by atomic mass is 9.98. The van der Waals surface area contributed by atoms with E-state index in [-0.39, 0.29) is 0 Å². The number of aliphatic hydroxyl groups excluding tert-OH is 1.